The van der Waals surface area contributed by atoms with Crippen LogP contribution in [0.1, 0.15) is 5.56 Å². The standard InChI is InChI=1S/C19H12F2N2S/c1-11-7-15(20)16(21)9-14(11)19-13(3-2-6-22-19)12-4-5-17-18(8-12)24-10-23-17/h2-10H,1H3. The zero-order valence-electron chi connectivity index (χ0n) is 12.8. The average molecular weight is 338 g/mol. The molecule has 0 saturated heterocycles. The quantitative estimate of drug-likeness (QED) is 0.474. The van der Waals surface area contributed by atoms with E-state index in [0.717, 1.165) is 21.3 Å². The summed E-state index contributed by atoms with van der Waals surface area (Å²) in [7, 11) is 0. The normalized spacial score (nSPS) is 11.1. The first kappa shape index (κ1) is 14.9. The van der Waals surface area contributed by atoms with Gasteiger partial charge in [-0.3, -0.25) is 4.98 Å². The molecule has 118 valence electrons. The molecule has 5 heteroatoms. The van der Waals surface area contributed by atoms with Crippen molar-refractivity contribution >= 4 is 21.6 Å². The third-order valence-corrected chi connectivity index (χ3v) is 4.76. The maximum atomic E-state index is 13.7. The second-order valence-electron chi connectivity index (χ2n) is 5.52. The molecule has 2 aromatic heterocycles. The molecule has 0 fully saturated rings. The van der Waals surface area contributed by atoms with Gasteiger partial charge in [-0.25, -0.2) is 13.8 Å². The fourth-order valence-corrected chi connectivity index (χ4v) is 3.49. The molecular formula is C19H12F2N2S. The Morgan fingerprint density at radius 3 is 2.62 bits per heavy atom. The predicted molar refractivity (Wildman–Crippen MR) is 92.9 cm³/mol. The molecule has 0 aliphatic rings. The van der Waals surface area contributed by atoms with Crippen molar-refractivity contribution in [1.29, 1.82) is 0 Å². The Labute approximate surface area is 141 Å². The zero-order valence-corrected chi connectivity index (χ0v) is 13.6. The van der Waals surface area contributed by atoms with Gasteiger partial charge in [0.15, 0.2) is 11.6 Å². The minimum Gasteiger partial charge on any atom is -0.256 e. The number of aryl methyl sites for hydroxylation is 1. The van der Waals surface area contributed by atoms with E-state index in [9.17, 15) is 8.78 Å². The first-order valence-electron chi connectivity index (χ1n) is 7.38. The van der Waals surface area contributed by atoms with Gasteiger partial charge >= 0.3 is 0 Å². The lowest BCUT2D eigenvalue weighted by atomic mass is 9.96. The smallest absolute Gasteiger partial charge is 0.159 e. The highest BCUT2D eigenvalue weighted by Gasteiger charge is 2.14. The molecule has 0 N–H and O–H groups in total. The van der Waals surface area contributed by atoms with Gasteiger partial charge in [0.25, 0.3) is 0 Å². The van der Waals surface area contributed by atoms with Crippen LogP contribution >= 0.6 is 11.3 Å². The summed E-state index contributed by atoms with van der Waals surface area (Å²) in [5.41, 5.74) is 6.47. The van der Waals surface area contributed by atoms with E-state index in [1.54, 1.807) is 30.0 Å². The van der Waals surface area contributed by atoms with Gasteiger partial charge < -0.3 is 0 Å². The summed E-state index contributed by atoms with van der Waals surface area (Å²) >= 11 is 1.56. The highest BCUT2D eigenvalue weighted by atomic mass is 32.1. The molecule has 24 heavy (non-hydrogen) atoms. The fraction of sp³-hybridized carbons (Fsp3) is 0.0526. The molecule has 4 rings (SSSR count). The van der Waals surface area contributed by atoms with Crippen LogP contribution in [-0.4, -0.2) is 9.97 Å². The molecule has 2 nitrogen and oxygen atoms in total. The largest absolute Gasteiger partial charge is 0.256 e. The van der Waals surface area contributed by atoms with E-state index in [4.69, 9.17) is 0 Å². The third-order valence-electron chi connectivity index (χ3n) is 3.97. The number of rotatable bonds is 2. The van der Waals surface area contributed by atoms with Crippen LogP contribution in [0.4, 0.5) is 8.78 Å². The molecule has 0 aliphatic heterocycles. The second kappa shape index (κ2) is 5.76. The van der Waals surface area contributed by atoms with E-state index in [2.05, 4.69) is 9.97 Å². The topological polar surface area (TPSA) is 25.8 Å². The molecule has 0 unspecified atom stereocenters. The zero-order chi connectivity index (χ0) is 16.7. The minimum absolute atomic E-state index is 0.592. The van der Waals surface area contributed by atoms with Crippen LogP contribution in [0.2, 0.25) is 0 Å². The van der Waals surface area contributed by atoms with E-state index in [0.29, 0.717) is 16.8 Å². The monoisotopic (exact) mass is 338 g/mol. The van der Waals surface area contributed by atoms with Crippen molar-refractivity contribution in [3.05, 3.63) is 71.4 Å². The van der Waals surface area contributed by atoms with Crippen molar-refractivity contribution in [2.45, 2.75) is 6.92 Å². The van der Waals surface area contributed by atoms with Gasteiger partial charge in [0.1, 0.15) is 0 Å². The Hall–Kier alpha value is -2.66. The predicted octanol–water partition coefficient (Wildman–Crippen LogP) is 5.61. The van der Waals surface area contributed by atoms with E-state index < -0.39 is 11.6 Å². The number of nitrogens with zero attached hydrogens (tertiary/aromatic N) is 2. The van der Waals surface area contributed by atoms with E-state index in [1.807, 2.05) is 30.3 Å². The van der Waals surface area contributed by atoms with Crippen LogP contribution in [0.15, 0.2) is 54.2 Å². The van der Waals surface area contributed by atoms with Crippen LogP contribution in [0.25, 0.3) is 32.6 Å². The first-order valence-corrected chi connectivity index (χ1v) is 8.26. The molecule has 0 bridgehead atoms. The Morgan fingerprint density at radius 2 is 1.75 bits per heavy atom. The number of fused-ring (bicyclic) bond motifs is 1. The number of benzene rings is 2. The van der Waals surface area contributed by atoms with Crippen molar-refractivity contribution in [3.63, 3.8) is 0 Å². The molecule has 0 spiro atoms. The molecule has 2 aromatic carbocycles. The van der Waals surface area contributed by atoms with Crippen molar-refractivity contribution < 1.29 is 8.78 Å². The third kappa shape index (κ3) is 2.47. The van der Waals surface area contributed by atoms with Crippen LogP contribution in [0.3, 0.4) is 0 Å². The van der Waals surface area contributed by atoms with Gasteiger partial charge in [-0.15, -0.1) is 11.3 Å². The Bertz CT molecular complexity index is 1060. The van der Waals surface area contributed by atoms with Crippen molar-refractivity contribution in [2.75, 3.05) is 0 Å². The minimum atomic E-state index is -0.870. The summed E-state index contributed by atoms with van der Waals surface area (Å²) < 4.78 is 28.2. The van der Waals surface area contributed by atoms with Gasteiger partial charge in [-0.2, -0.15) is 0 Å². The van der Waals surface area contributed by atoms with E-state index in [1.165, 1.54) is 12.1 Å². The summed E-state index contributed by atoms with van der Waals surface area (Å²) in [6.07, 6.45) is 1.66. The highest BCUT2D eigenvalue weighted by Crippen LogP contribution is 2.34. The summed E-state index contributed by atoms with van der Waals surface area (Å²) in [6, 6.07) is 12.2. The Kier molecular flexibility index (Phi) is 3.58. The maximum absolute atomic E-state index is 13.7. The number of halogens is 2. The van der Waals surface area contributed by atoms with Crippen molar-refractivity contribution in [3.8, 4) is 22.4 Å². The number of thiazole rings is 1. The van der Waals surface area contributed by atoms with Crippen LogP contribution < -0.4 is 0 Å². The van der Waals surface area contributed by atoms with Crippen molar-refractivity contribution in [1.82, 2.24) is 9.97 Å². The van der Waals surface area contributed by atoms with E-state index in [-0.39, 0.29) is 0 Å². The lowest BCUT2D eigenvalue weighted by molar-refractivity contribution is 0.508. The van der Waals surface area contributed by atoms with Crippen LogP contribution in [0, 0.1) is 18.6 Å². The number of hydrogen-bond acceptors (Lipinski definition) is 3. The average Bonchev–Trinajstić information content (AvgIpc) is 3.06. The summed E-state index contributed by atoms with van der Waals surface area (Å²) in [5.74, 6) is -1.72. The Balaban J connectivity index is 1.94. The molecule has 0 aliphatic carbocycles. The summed E-state index contributed by atoms with van der Waals surface area (Å²) in [4.78, 5) is 8.70. The van der Waals surface area contributed by atoms with Gasteiger partial charge in [0.05, 0.1) is 21.4 Å². The summed E-state index contributed by atoms with van der Waals surface area (Å²) in [5, 5.41) is 0. The van der Waals surface area contributed by atoms with Crippen LogP contribution in [0.5, 0.6) is 0 Å². The van der Waals surface area contributed by atoms with Gasteiger partial charge in [0, 0.05) is 17.3 Å². The Morgan fingerprint density at radius 1 is 0.917 bits per heavy atom. The van der Waals surface area contributed by atoms with Gasteiger partial charge in [0.2, 0.25) is 0 Å². The molecule has 0 radical (unpaired) electrons. The maximum Gasteiger partial charge on any atom is 0.159 e. The fourth-order valence-electron chi connectivity index (χ4n) is 2.78. The van der Waals surface area contributed by atoms with Gasteiger partial charge in [-0.05, 0) is 48.4 Å². The van der Waals surface area contributed by atoms with Crippen molar-refractivity contribution in [2.24, 2.45) is 0 Å². The number of aromatic nitrogens is 2. The SMILES string of the molecule is Cc1cc(F)c(F)cc1-c1ncccc1-c1ccc2ncsc2c1. The number of pyridine rings is 1. The second-order valence-corrected chi connectivity index (χ2v) is 6.40. The molecule has 2 heterocycles. The van der Waals surface area contributed by atoms with Gasteiger partial charge in [-0.1, -0.05) is 12.1 Å². The number of hydrogen-bond donors (Lipinski definition) is 0. The van der Waals surface area contributed by atoms with Crippen LogP contribution in [-0.2, 0) is 0 Å². The first-order chi connectivity index (χ1) is 11.6. The molecule has 0 saturated carbocycles. The lowest BCUT2D eigenvalue weighted by Crippen LogP contribution is -1.95. The lowest BCUT2D eigenvalue weighted by Gasteiger charge is -2.12. The molecular weight excluding hydrogens is 326 g/mol. The molecule has 4 aromatic rings. The van der Waals surface area contributed by atoms with E-state index >= 15 is 0 Å². The highest BCUT2D eigenvalue weighted by molar-refractivity contribution is 7.16. The molecule has 0 amide bonds. The summed E-state index contributed by atoms with van der Waals surface area (Å²) in [6.45, 7) is 1.75. The molecule has 0 atom stereocenters.